The summed E-state index contributed by atoms with van der Waals surface area (Å²) in [6.45, 7) is 3.29. The van der Waals surface area contributed by atoms with Gasteiger partial charge < -0.3 is 9.84 Å². The van der Waals surface area contributed by atoms with Gasteiger partial charge in [-0.2, -0.15) is 0 Å². The molecule has 1 aliphatic rings. The number of hydrogen-bond acceptors (Lipinski definition) is 3. The van der Waals surface area contributed by atoms with E-state index in [2.05, 4.69) is 4.98 Å². The lowest BCUT2D eigenvalue weighted by Gasteiger charge is -2.25. The largest absolute Gasteiger partial charge is 0.389 e. The molecule has 88 valence electrons. The van der Waals surface area contributed by atoms with E-state index in [9.17, 15) is 5.11 Å². The fraction of sp³-hybridized carbons (Fsp3) is 0.583. The van der Waals surface area contributed by atoms with E-state index in [1.54, 1.807) is 13.1 Å². The molecule has 1 aromatic heterocycles. The van der Waals surface area contributed by atoms with Crippen molar-refractivity contribution in [1.29, 1.82) is 0 Å². The highest BCUT2D eigenvalue weighted by molar-refractivity contribution is 6.30. The predicted octanol–water partition coefficient (Wildman–Crippen LogP) is 2.68. The number of pyridine rings is 1. The van der Waals surface area contributed by atoms with Crippen molar-refractivity contribution in [3.05, 3.63) is 28.5 Å². The van der Waals surface area contributed by atoms with E-state index in [0.29, 0.717) is 11.1 Å². The Kier molecular flexibility index (Phi) is 3.79. The van der Waals surface area contributed by atoms with Crippen LogP contribution in [0.3, 0.4) is 0 Å². The van der Waals surface area contributed by atoms with Crippen molar-refractivity contribution in [2.24, 2.45) is 0 Å². The molecule has 1 aliphatic heterocycles. The summed E-state index contributed by atoms with van der Waals surface area (Å²) >= 11 is 6.04. The summed E-state index contributed by atoms with van der Waals surface area (Å²) in [5.74, 6) is 0.429. The molecule has 0 aliphatic carbocycles. The molecule has 2 rings (SSSR count). The van der Waals surface area contributed by atoms with Crippen LogP contribution in [-0.4, -0.2) is 23.3 Å². The average Bonchev–Trinajstić information content (AvgIpc) is 2.29. The summed E-state index contributed by atoms with van der Waals surface area (Å²) in [5, 5.41) is 10.2. The predicted molar refractivity (Wildman–Crippen MR) is 62.7 cm³/mol. The Morgan fingerprint density at radius 3 is 2.81 bits per heavy atom. The molecular formula is C12H16ClNO2. The van der Waals surface area contributed by atoms with E-state index in [4.69, 9.17) is 16.3 Å². The minimum Gasteiger partial charge on any atom is -0.389 e. The molecule has 0 aromatic carbocycles. The SMILES string of the molecule is CC(O)c1c(C2CCOCC2)ccnc1Cl. The van der Waals surface area contributed by atoms with E-state index < -0.39 is 6.10 Å². The Hall–Kier alpha value is -0.640. The van der Waals surface area contributed by atoms with Gasteiger partial charge in [-0.15, -0.1) is 0 Å². The number of aliphatic hydroxyl groups excluding tert-OH is 1. The second kappa shape index (κ2) is 5.13. The third-order valence-electron chi connectivity index (χ3n) is 3.05. The van der Waals surface area contributed by atoms with Crippen molar-refractivity contribution in [3.8, 4) is 0 Å². The standard InChI is InChI=1S/C12H16ClNO2/c1-8(15)11-10(2-5-14-12(11)13)9-3-6-16-7-4-9/h2,5,8-9,15H,3-4,6-7H2,1H3. The second-order valence-electron chi connectivity index (χ2n) is 4.17. The lowest BCUT2D eigenvalue weighted by atomic mass is 9.88. The van der Waals surface area contributed by atoms with Crippen LogP contribution in [0.4, 0.5) is 0 Å². The Labute approximate surface area is 100 Å². The second-order valence-corrected chi connectivity index (χ2v) is 4.53. The van der Waals surface area contributed by atoms with Gasteiger partial charge in [-0.1, -0.05) is 11.6 Å². The van der Waals surface area contributed by atoms with Gasteiger partial charge in [-0.3, -0.25) is 0 Å². The topological polar surface area (TPSA) is 42.4 Å². The summed E-state index contributed by atoms with van der Waals surface area (Å²) < 4.78 is 5.34. The minimum absolute atomic E-state index is 0.416. The molecule has 1 atom stereocenters. The van der Waals surface area contributed by atoms with Crippen molar-refractivity contribution < 1.29 is 9.84 Å². The number of aromatic nitrogens is 1. The first-order chi connectivity index (χ1) is 7.70. The van der Waals surface area contributed by atoms with Crippen LogP contribution in [0, 0.1) is 0 Å². The maximum absolute atomic E-state index is 9.76. The molecule has 0 amide bonds. The Balaban J connectivity index is 2.34. The van der Waals surface area contributed by atoms with E-state index in [1.165, 1.54) is 0 Å². The third-order valence-corrected chi connectivity index (χ3v) is 3.36. The Bertz CT molecular complexity index is 362. The average molecular weight is 242 g/mol. The Morgan fingerprint density at radius 1 is 1.50 bits per heavy atom. The molecular weight excluding hydrogens is 226 g/mol. The summed E-state index contributed by atoms with van der Waals surface area (Å²) in [7, 11) is 0. The molecule has 1 fully saturated rings. The third kappa shape index (κ3) is 2.37. The number of aliphatic hydroxyl groups is 1. The zero-order valence-electron chi connectivity index (χ0n) is 9.32. The van der Waals surface area contributed by atoms with Gasteiger partial charge in [0.2, 0.25) is 0 Å². The van der Waals surface area contributed by atoms with Crippen molar-refractivity contribution in [3.63, 3.8) is 0 Å². The first kappa shape index (κ1) is 11.8. The number of ether oxygens (including phenoxy) is 1. The molecule has 1 N–H and O–H groups in total. The van der Waals surface area contributed by atoms with Crippen molar-refractivity contribution in [2.75, 3.05) is 13.2 Å². The van der Waals surface area contributed by atoms with E-state index in [1.807, 2.05) is 6.07 Å². The zero-order chi connectivity index (χ0) is 11.5. The van der Waals surface area contributed by atoms with Gasteiger partial charge in [0.05, 0.1) is 6.10 Å². The molecule has 2 heterocycles. The van der Waals surface area contributed by atoms with Crippen LogP contribution in [-0.2, 0) is 4.74 Å². The smallest absolute Gasteiger partial charge is 0.135 e. The molecule has 1 aromatic rings. The molecule has 0 saturated carbocycles. The van der Waals surface area contributed by atoms with Gasteiger partial charge in [0, 0.05) is 25.0 Å². The number of hydrogen-bond donors (Lipinski definition) is 1. The van der Waals surface area contributed by atoms with E-state index in [-0.39, 0.29) is 0 Å². The maximum Gasteiger partial charge on any atom is 0.135 e. The lowest BCUT2D eigenvalue weighted by molar-refractivity contribution is 0.0844. The van der Waals surface area contributed by atoms with Crippen LogP contribution in [0.1, 0.15) is 42.9 Å². The van der Waals surface area contributed by atoms with Crippen LogP contribution in [0.2, 0.25) is 5.15 Å². The van der Waals surface area contributed by atoms with Crippen molar-refractivity contribution in [1.82, 2.24) is 4.98 Å². The van der Waals surface area contributed by atoms with Crippen LogP contribution in [0.5, 0.6) is 0 Å². The van der Waals surface area contributed by atoms with E-state index >= 15 is 0 Å². The van der Waals surface area contributed by atoms with Crippen LogP contribution in [0.15, 0.2) is 12.3 Å². The first-order valence-electron chi connectivity index (χ1n) is 5.60. The van der Waals surface area contributed by atoms with Crippen LogP contribution in [0.25, 0.3) is 0 Å². The van der Waals surface area contributed by atoms with Gasteiger partial charge in [0.15, 0.2) is 0 Å². The summed E-state index contributed by atoms with van der Waals surface area (Å²) in [4.78, 5) is 4.03. The summed E-state index contributed by atoms with van der Waals surface area (Å²) in [5.41, 5.74) is 1.90. The molecule has 0 spiro atoms. The Morgan fingerprint density at radius 2 is 2.19 bits per heavy atom. The quantitative estimate of drug-likeness (QED) is 0.810. The highest BCUT2D eigenvalue weighted by atomic mass is 35.5. The van der Waals surface area contributed by atoms with Crippen molar-refractivity contribution in [2.45, 2.75) is 31.8 Å². The summed E-state index contributed by atoms with van der Waals surface area (Å²) in [6, 6.07) is 1.96. The van der Waals surface area contributed by atoms with Crippen molar-refractivity contribution >= 4 is 11.6 Å². The fourth-order valence-corrected chi connectivity index (χ4v) is 2.56. The molecule has 16 heavy (non-hydrogen) atoms. The summed E-state index contributed by atoms with van der Waals surface area (Å²) in [6.07, 6.45) is 3.11. The van der Waals surface area contributed by atoms with Gasteiger partial charge in [-0.25, -0.2) is 4.98 Å². The highest BCUT2D eigenvalue weighted by Crippen LogP contribution is 2.34. The molecule has 0 radical (unpaired) electrons. The molecule has 1 unspecified atom stereocenters. The van der Waals surface area contributed by atoms with Crippen LogP contribution >= 0.6 is 11.6 Å². The first-order valence-corrected chi connectivity index (χ1v) is 5.98. The highest BCUT2D eigenvalue weighted by Gasteiger charge is 2.22. The normalized spacial score (nSPS) is 19.7. The number of nitrogens with zero attached hydrogens (tertiary/aromatic N) is 1. The fourth-order valence-electron chi connectivity index (χ4n) is 2.24. The molecule has 3 nitrogen and oxygen atoms in total. The van der Waals surface area contributed by atoms with E-state index in [0.717, 1.165) is 37.2 Å². The van der Waals surface area contributed by atoms with Gasteiger partial charge >= 0.3 is 0 Å². The monoisotopic (exact) mass is 241 g/mol. The van der Waals surface area contributed by atoms with Gasteiger partial charge in [-0.05, 0) is 37.3 Å². The number of rotatable bonds is 2. The minimum atomic E-state index is -0.570. The maximum atomic E-state index is 9.76. The lowest BCUT2D eigenvalue weighted by Crippen LogP contribution is -2.16. The van der Waals surface area contributed by atoms with Gasteiger partial charge in [0.25, 0.3) is 0 Å². The molecule has 4 heteroatoms. The number of halogens is 1. The zero-order valence-corrected chi connectivity index (χ0v) is 10.1. The molecule has 1 saturated heterocycles. The molecule has 0 bridgehead atoms. The van der Waals surface area contributed by atoms with Gasteiger partial charge in [0.1, 0.15) is 5.15 Å². The van der Waals surface area contributed by atoms with Crippen LogP contribution < -0.4 is 0 Å².